The molecule has 1 heterocycles. The van der Waals surface area contributed by atoms with Gasteiger partial charge < -0.3 is 42.6 Å². The molecule has 0 aliphatic carbocycles. The van der Waals surface area contributed by atoms with Crippen molar-refractivity contribution in [3.8, 4) is 0 Å². The van der Waals surface area contributed by atoms with Crippen LogP contribution in [0, 0.1) is 5.92 Å². The van der Waals surface area contributed by atoms with Crippen molar-refractivity contribution in [1.29, 1.82) is 0 Å². The maximum Gasteiger partial charge on any atom is 0.326 e. The van der Waals surface area contributed by atoms with E-state index in [0.29, 0.717) is 25.8 Å². The SMILES string of the molecule is CCC(C)C(N)C(=O)NC(CO)C(=O)NC(CCCCN)C(=O)NC(Cc1c[nH]c2ccccc12)C(=O)O. The Balaban J connectivity index is 2.13. The summed E-state index contributed by atoms with van der Waals surface area (Å²) in [6.45, 7) is 3.34. The third-order valence-electron chi connectivity index (χ3n) is 6.67. The molecule has 0 fully saturated rings. The molecule has 0 saturated heterocycles. The van der Waals surface area contributed by atoms with E-state index in [-0.39, 0.29) is 18.8 Å². The molecule has 2 aromatic rings. The van der Waals surface area contributed by atoms with Gasteiger partial charge in [-0.25, -0.2) is 4.79 Å². The Labute approximate surface area is 221 Å². The first kappa shape index (κ1) is 30.7. The Kier molecular flexibility index (Phi) is 12.2. The van der Waals surface area contributed by atoms with E-state index >= 15 is 0 Å². The highest BCUT2D eigenvalue weighted by molar-refractivity contribution is 5.94. The average Bonchev–Trinajstić information content (AvgIpc) is 3.32. The molecule has 2 rings (SSSR count). The van der Waals surface area contributed by atoms with Crippen LogP contribution in [0.25, 0.3) is 10.9 Å². The number of nitrogens with two attached hydrogens (primary N) is 2. The maximum atomic E-state index is 13.2. The molecule has 12 heteroatoms. The predicted octanol–water partition coefficient (Wildman–Crippen LogP) is -0.256. The van der Waals surface area contributed by atoms with Gasteiger partial charge in [0.25, 0.3) is 0 Å². The molecule has 10 N–H and O–H groups in total. The van der Waals surface area contributed by atoms with Gasteiger partial charge >= 0.3 is 5.97 Å². The van der Waals surface area contributed by atoms with Gasteiger partial charge in [0.15, 0.2) is 0 Å². The van der Waals surface area contributed by atoms with Gasteiger partial charge in [-0.1, -0.05) is 38.5 Å². The Morgan fingerprint density at radius 1 is 0.974 bits per heavy atom. The lowest BCUT2D eigenvalue weighted by molar-refractivity contribution is -0.142. The first-order chi connectivity index (χ1) is 18.1. The van der Waals surface area contributed by atoms with Gasteiger partial charge in [0, 0.05) is 23.5 Å². The van der Waals surface area contributed by atoms with Gasteiger partial charge in [0.2, 0.25) is 17.7 Å². The number of aromatic amines is 1. The minimum atomic E-state index is -1.33. The van der Waals surface area contributed by atoms with Crippen LogP contribution in [0.2, 0.25) is 0 Å². The molecule has 3 amide bonds. The Bertz CT molecular complexity index is 1090. The molecule has 0 aliphatic heterocycles. The number of nitrogens with one attached hydrogen (secondary N) is 4. The molecule has 0 radical (unpaired) electrons. The fourth-order valence-electron chi connectivity index (χ4n) is 4.00. The molecule has 0 bridgehead atoms. The smallest absolute Gasteiger partial charge is 0.326 e. The zero-order chi connectivity index (χ0) is 28.2. The lowest BCUT2D eigenvalue weighted by atomic mass is 9.99. The third kappa shape index (κ3) is 8.54. The lowest BCUT2D eigenvalue weighted by Gasteiger charge is -2.25. The number of carboxylic acid groups (broad SMARTS) is 1. The van der Waals surface area contributed by atoms with Crippen LogP contribution in [0.3, 0.4) is 0 Å². The fraction of sp³-hybridized carbons (Fsp3) is 0.538. The number of H-pyrrole nitrogens is 1. The number of unbranched alkanes of at least 4 members (excludes halogenated alkanes) is 1. The summed E-state index contributed by atoms with van der Waals surface area (Å²) in [6, 6.07) is 2.86. The number of hydrogen-bond donors (Lipinski definition) is 8. The van der Waals surface area contributed by atoms with Crippen LogP contribution in [0.1, 0.15) is 45.1 Å². The molecule has 1 aromatic heterocycles. The number of aliphatic hydroxyl groups excluding tert-OH is 1. The highest BCUT2D eigenvalue weighted by Gasteiger charge is 2.31. The molecule has 0 aliphatic rings. The zero-order valence-corrected chi connectivity index (χ0v) is 21.9. The normalized spacial score (nSPS) is 15.2. The van der Waals surface area contributed by atoms with Crippen LogP contribution in [-0.4, -0.2) is 76.2 Å². The number of carboxylic acids is 1. The second-order valence-electron chi connectivity index (χ2n) is 9.46. The van der Waals surface area contributed by atoms with Crippen LogP contribution >= 0.6 is 0 Å². The minimum absolute atomic E-state index is 0.0252. The summed E-state index contributed by atoms with van der Waals surface area (Å²) in [6.07, 6.45) is 3.64. The number of carbonyl (C=O) groups excluding carboxylic acids is 3. The average molecular weight is 533 g/mol. The molecule has 38 heavy (non-hydrogen) atoms. The van der Waals surface area contributed by atoms with E-state index in [1.54, 1.807) is 13.1 Å². The van der Waals surface area contributed by atoms with Crippen molar-refractivity contribution in [2.45, 2.75) is 70.1 Å². The molecule has 5 atom stereocenters. The van der Waals surface area contributed by atoms with Crippen LogP contribution in [-0.2, 0) is 25.6 Å². The van der Waals surface area contributed by atoms with Gasteiger partial charge in [0.1, 0.15) is 18.1 Å². The van der Waals surface area contributed by atoms with Crippen molar-refractivity contribution >= 4 is 34.6 Å². The first-order valence-electron chi connectivity index (χ1n) is 12.9. The largest absolute Gasteiger partial charge is 0.480 e. The van der Waals surface area contributed by atoms with Crippen LogP contribution < -0.4 is 27.4 Å². The van der Waals surface area contributed by atoms with E-state index in [0.717, 1.165) is 16.5 Å². The van der Waals surface area contributed by atoms with Crippen molar-refractivity contribution < 1.29 is 29.4 Å². The number of benzene rings is 1. The van der Waals surface area contributed by atoms with Crippen molar-refractivity contribution in [2.75, 3.05) is 13.2 Å². The molecular formula is C26H40N6O6. The molecular weight excluding hydrogens is 492 g/mol. The summed E-state index contributed by atoms with van der Waals surface area (Å²) < 4.78 is 0. The molecule has 210 valence electrons. The highest BCUT2D eigenvalue weighted by Crippen LogP contribution is 2.19. The summed E-state index contributed by atoms with van der Waals surface area (Å²) in [5, 5.41) is 27.8. The van der Waals surface area contributed by atoms with E-state index in [4.69, 9.17) is 11.5 Å². The molecule has 12 nitrogen and oxygen atoms in total. The summed E-state index contributed by atoms with van der Waals surface area (Å²) in [5.41, 5.74) is 13.0. The summed E-state index contributed by atoms with van der Waals surface area (Å²) in [5.74, 6) is -3.44. The van der Waals surface area contributed by atoms with Gasteiger partial charge in [-0.15, -0.1) is 0 Å². The number of fused-ring (bicyclic) bond motifs is 1. The first-order valence-corrected chi connectivity index (χ1v) is 12.9. The van der Waals surface area contributed by atoms with E-state index in [9.17, 15) is 29.4 Å². The summed E-state index contributed by atoms with van der Waals surface area (Å²) in [4.78, 5) is 53.5. The van der Waals surface area contributed by atoms with E-state index in [1.807, 2.05) is 31.2 Å². The van der Waals surface area contributed by atoms with Gasteiger partial charge in [-0.05, 0) is 43.4 Å². The Morgan fingerprint density at radius 3 is 2.24 bits per heavy atom. The van der Waals surface area contributed by atoms with Crippen molar-refractivity contribution in [1.82, 2.24) is 20.9 Å². The van der Waals surface area contributed by atoms with E-state index in [2.05, 4.69) is 20.9 Å². The van der Waals surface area contributed by atoms with Gasteiger partial charge in [-0.3, -0.25) is 14.4 Å². The number of hydrogen-bond acceptors (Lipinski definition) is 7. The molecule has 0 saturated carbocycles. The van der Waals surface area contributed by atoms with Gasteiger partial charge in [0.05, 0.1) is 12.6 Å². The number of aromatic nitrogens is 1. The number of carbonyl (C=O) groups is 4. The fourth-order valence-corrected chi connectivity index (χ4v) is 4.00. The highest BCUT2D eigenvalue weighted by atomic mass is 16.4. The summed E-state index contributed by atoms with van der Waals surface area (Å²) in [7, 11) is 0. The predicted molar refractivity (Wildman–Crippen MR) is 143 cm³/mol. The Hall–Kier alpha value is -3.48. The van der Waals surface area contributed by atoms with E-state index < -0.39 is 54.5 Å². The minimum Gasteiger partial charge on any atom is -0.480 e. The van der Waals surface area contributed by atoms with E-state index in [1.165, 1.54) is 0 Å². The van der Waals surface area contributed by atoms with Crippen LogP contribution in [0.4, 0.5) is 0 Å². The molecule has 1 aromatic carbocycles. The number of amides is 3. The van der Waals surface area contributed by atoms with Crippen molar-refractivity contribution in [3.05, 3.63) is 36.0 Å². The molecule has 0 spiro atoms. The zero-order valence-electron chi connectivity index (χ0n) is 21.9. The Morgan fingerprint density at radius 2 is 1.61 bits per heavy atom. The van der Waals surface area contributed by atoms with Crippen LogP contribution in [0.15, 0.2) is 30.5 Å². The molecule has 5 unspecified atom stereocenters. The quantitative estimate of drug-likeness (QED) is 0.135. The number of para-hydroxylation sites is 1. The topological polar surface area (TPSA) is 213 Å². The monoisotopic (exact) mass is 532 g/mol. The van der Waals surface area contributed by atoms with Crippen molar-refractivity contribution in [3.63, 3.8) is 0 Å². The third-order valence-corrected chi connectivity index (χ3v) is 6.67. The van der Waals surface area contributed by atoms with Crippen molar-refractivity contribution in [2.24, 2.45) is 17.4 Å². The lowest BCUT2D eigenvalue weighted by Crippen LogP contribution is -2.58. The number of aliphatic hydroxyl groups is 1. The standard InChI is InChI=1S/C26H40N6O6/c1-3-15(2)22(28)25(36)32-21(14-33)24(35)30-19(10-6-7-11-27)23(34)31-20(26(37)38)12-16-13-29-18-9-5-4-8-17(16)18/h4-5,8-9,13,15,19-22,29,33H,3,6-7,10-12,14,27-28H2,1-2H3,(H,30,35)(H,31,34)(H,32,36)(H,37,38). The van der Waals surface area contributed by atoms with Crippen LogP contribution in [0.5, 0.6) is 0 Å². The second kappa shape index (κ2) is 15.1. The summed E-state index contributed by atoms with van der Waals surface area (Å²) >= 11 is 0. The number of aliphatic carboxylic acids is 1. The maximum absolute atomic E-state index is 13.2. The second-order valence-corrected chi connectivity index (χ2v) is 9.46. The number of rotatable bonds is 16. The van der Waals surface area contributed by atoms with Gasteiger partial charge in [-0.2, -0.15) is 0 Å².